The zero-order valence-corrected chi connectivity index (χ0v) is 27.3. The van der Waals surface area contributed by atoms with Crippen LogP contribution in [0.3, 0.4) is 0 Å². The number of aliphatic hydroxyl groups excluding tert-OH is 1. The molecule has 0 aliphatic carbocycles. The van der Waals surface area contributed by atoms with Crippen LogP contribution in [0.25, 0.3) is 5.73 Å². The van der Waals surface area contributed by atoms with E-state index in [1.807, 2.05) is 10.8 Å². The maximum absolute atomic E-state index is 7.76. The molecule has 0 heterocycles. The molecule has 0 fully saturated rings. The second-order valence-electron chi connectivity index (χ2n) is 8.79. The van der Waals surface area contributed by atoms with Gasteiger partial charge in [-0.15, -0.1) is 13.1 Å². The fourth-order valence-corrected chi connectivity index (χ4v) is 4.46. The van der Waals surface area contributed by atoms with Crippen molar-refractivity contribution in [3.8, 4) is 0 Å². The van der Waals surface area contributed by atoms with Gasteiger partial charge in [-0.25, -0.2) is 0 Å². The monoisotopic (exact) mass is 711 g/mol. The van der Waals surface area contributed by atoms with Crippen LogP contribution in [-0.2, 0) is 44.7 Å². The van der Waals surface area contributed by atoms with Gasteiger partial charge >= 0.3 is 0 Å². The number of ether oxygens (including phenoxy) is 5. The molecule has 0 spiro atoms. The van der Waals surface area contributed by atoms with E-state index in [0.717, 1.165) is 13.0 Å². The summed E-state index contributed by atoms with van der Waals surface area (Å²) in [5.74, 6) is 0. The van der Waals surface area contributed by atoms with Gasteiger partial charge in [0.15, 0.2) is 0 Å². The Kier molecular flexibility index (Phi) is 32.1. The Labute approximate surface area is 237 Å². The molecule has 0 bridgehead atoms. The van der Waals surface area contributed by atoms with Crippen molar-refractivity contribution < 1.29 is 49.9 Å². The molecule has 0 aliphatic heterocycles. The first-order valence-electron chi connectivity index (χ1n) is 12.0. The molecular weight excluding hydrogens is 660 g/mol. The molecule has 8 nitrogen and oxygen atoms in total. The van der Waals surface area contributed by atoms with Crippen LogP contribution >= 0.6 is 21.6 Å². The Hall–Kier alpha value is 0.808. The Morgan fingerprint density at radius 3 is 1.83 bits per heavy atom. The zero-order chi connectivity index (χ0) is 26.1. The first-order valence-corrected chi connectivity index (χ1v) is 14.2. The van der Waals surface area contributed by atoms with Gasteiger partial charge in [0, 0.05) is 51.4 Å². The Balaban J connectivity index is -0.00000189. The molecule has 0 aromatic carbocycles. The van der Waals surface area contributed by atoms with Gasteiger partial charge in [0.25, 0.3) is 0 Å². The average molecular weight is 712 g/mol. The molecule has 0 rings (SSSR count). The molecular formula is C24H51N2O6S2W-. The Morgan fingerprint density at radius 1 is 0.857 bits per heavy atom. The minimum Gasteiger partial charge on any atom is -0.676 e. The van der Waals surface area contributed by atoms with E-state index in [0.29, 0.717) is 65.5 Å². The first-order chi connectivity index (χ1) is 16.1. The fraction of sp³-hybridized carbons (Fsp3) is 0.917. The Morgan fingerprint density at radius 2 is 1.34 bits per heavy atom. The molecule has 0 saturated heterocycles. The van der Waals surface area contributed by atoms with Gasteiger partial charge in [0.05, 0.1) is 59.5 Å². The van der Waals surface area contributed by atoms with Crippen LogP contribution in [-0.4, -0.2) is 100.0 Å². The molecule has 1 unspecified atom stereocenters. The summed E-state index contributed by atoms with van der Waals surface area (Å²) in [7, 11) is 3.58. The average Bonchev–Trinajstić information content (AvgIpc) is 2.78. The van der Waals surface area contributed by atoms with Gasteiger partial charge in [0.2, 0.25) is 0 Å². The molecule has 35 heavy (non-hydrogen) atoms. The SMILES string of the molecule is C=CCO.CC(C)NCCOCCOCCC(C)(OCCOCCOCC[NH-])SSC(C)(C)C.[W]. The van der Waals surface area contributed by atoms with Crippen molar-refractivity contribution in [2.45, 2.75) is 63.7 Å². The molecule has 0 aromatic heterocycles. The molecule has 212 valence electrons. The number of aliphatic hydroxyl groups is 1. The van der Waals surface area contributed by atoms with Gasteiger partial charge in [-0.1, -0.05) is 62.3 Å². The van der Waals surface area contributed by atoms with Crippen LogP contribution in [0.15, 0.2) is 12.7 Å². The van der Waals surface area contributed by atoms with Crippen molar-refractivity contribution in [1.82, 2.24) is 5.32 Å². The maximum Gasteiger partial charge on any atom is 0.123 e. The predicted molar refractivity (Wildman–Crippen MR) is 147 cm³/mol. The first kappa shape index (κ1) is 40.3. The summed E-state index contributed by atoms with van der Waals surface area (Å²) in [6.45, 7) is 22.5. The smallest absolute Gasteiger partial charge is 0.123 e. The zero-order valence-electron chi connectivity index (χ0n) is 22.8. The van der Waals surface area contributed by atoms with Gasteiger partial charge in [-0.3, -0.25) is 0 Å². The van der Waals surface area contributed by atoms with Crippen LogP contribution in [0.1, 0.15) is 48.0 Å². The number of hydrogen-bond acceptors (Lipinski definition) is 9. The van der Waals surface area contributed by atoms with Gasteiger partial charge in [0.1, 0.15) is 4.93 Å². The second kappa shape index (κ2) is 27.8. The van der Waals surface area contributed by atoms with Crippen molar-refractivity contribution in [3.05, 3.63) is 18.4 Å². The molecule has 3 N–H and O–H groups in total. The third kappa shape index (κ3) is 34.8. The quantitative estimate of drug-likeness (QED) is 0.0725. The second-order valence-corrected chi connectivity index (χ2v) is 12.2. The van der Waals surface area contributed by atoms with Crippen LogP contribution in [0.2, 0.25) is 0 Å². The maximum atomic E-state index is 7.76. The molecule has 0 aromatic rings. The number of hydrogen-bond donors (Lipinski definition) is 2. The predicted octanol–water partition coefficient (Wildman–Crippen LogP) is 4.57. The summed E-state index contributed by atoms with van der Waals surface area (Å²) >= 11 is 0. The molecule has 0 radical (unpaired) electrons. The number of nitrogens with one attached hydrogen (secondary N) is 2. The van der Waals surface area contributed by atoms with Gasteiger partial charge < -0.3 is 39.8 Å². The van der Waals surface area contributed by atoms with Crippen molar-refractivity contribution in [2.75, 3.05) is 79.2 Å². The summed E-state index contributed by atoms with van der Waals surface area (Å²) in [6, 6.07) is 0.485. The van der Waals surface area contributed by atoms with E-state index in [1.54, 1.807) is 10.8 Å². The van der Waals surface area contributed by atoms with E-state index in [4.69, 9.17) is 34.5 Å². The van der Waals surface area contributed by atoms with Gasteiger partial charge in [-0.2, -0.15) is 0 Å². The van der Waals surface area contributed by atoms with E-state index >= 15 is 0 Å². The largest absolute Gasteiger partial charge is 0.676 e. The van der Waals surface area contributed by atoms with E-state index in [1.165, 1.54) is 6.08 Å². The van der Waals surface area contributed by atoms with Crippen LogP contribution in [0.5, 0.6) is 0 Å². The van der Waals surface area contributed by atoms with Crippen molar-refractivity contribution >= 4 is 21.6 Å². The summed E-state index contributed by atoms with van der Waals surface area (Å²) in [6.07, 6.45) is 2.22. The molecule has 0 amide bonds. The normalized spacial score (nSPS) is 13.1. The van der Waals surface area contributed by atoms with E-state index < -0.39 is 0 Å². The summed E-state index contributed by atoms with van der Waals surface area (Å²) < 4.78 is 28.4. The Bertz CT molecular complexity index is 449. The molecule has 0 aliphatic rings. The van der Waals surface area contributed by atoms with Crippen molar-refractivity contribution in [2.24, 2.45) is 0 Å². The van der Waals surface area contributed by atoms with Crippen molar-refractivity contribution in [3.63, 3.8) is 0 Å². The van der Waals surface area contributed by atoms with E-state index in [2.05, 4.69) is 53.4 Å². The van der Waals surface area contributed by atoms with Crippen LogP contribution < -0.4 is 5.32 Å². The minimum atomic E-state index is -0.342. The molecule has 1 atom stereocenters. The van der Waals surface area contributed by atoms with Crippen LogP contribution in [0.4, 0.5) is 0 Å². The summed E-state index contributed by atoms with van der Waals surface area (Å²) in [5, 5.41) is 11.1. The third-order valence-electron chi connectivity index (χ3n) is 3.72. The molecule has 0 saturated carbocycles. The topological polar surface area (TPSA) is 102 Å². The molecule has 11 heteroatoms. The van der Waals surface area contributed by atoms with E-state index in [-0.39, 0.29) is 43.9 Å². The number of rotatable bonds is 22. The van der Waals surface area contributed by atoms with Gasteiger partial charge in [-0.05, 0) is 6.92 Å². The van der Waals surface area contributed by atoms with Crippen LogP contribution in [0, 0.1) is 0 Å². The summed E-state index contributed by atoms with van der Waals surface area (Å²) in [4.78, 5) is -0.342. The van der Waals surface area contributed by atoms with Crippen molar-refractivity contribution in [1.29, 1.82) is 0 Å². The fourth-order valence-electron chi connectivity index (χ4n) is 2.06. The minimum absolute atomic E-state index is 0. The summed E-state index contributed by atoms with van der Waals surface area (Å²) in [5.41, 5.74) is 7.02. The standard InChI is InChI=1S/C21H45N2O5S2.C3H6O.W/c1-19(2)23-9-12-26-15-13-24-10-7-21(6,30-29-20(3,4)5)28-18-17-27-16-14-25-11-8-22;1-2-3-4;/h19,22-23H,7-18H2,1-6H3;2,4H,1,3H2;/q-1;;. The van der Waals surface area contributed by atoms with E-state index in [9.17, 15) is 0 Å². The third-order valence-corrected chi connectivity index (χ3v) is 7.79.